The molecule has 139 heavy (non-hydrogen) atoms. The van der Waals surface area contributed by atoms with E-state index in [4.69, 9.17) is 96.5 Å². The molecule has 30 nitrogen and oxygen atoms in total. The SMILES string of the molecule is COc1ncc(CCCN(C)C)cc1Nc1ncc2c(n1)-c1ccc(Cl)cc1NC(=S)C2.Cc1nc(C(=O)NCCN2CCOCC2)ccc1Nc1ncc2c(n1)-c1ccc(C(F)(F)F)cc1NC(=S)C2.Cc1nc(NC2CCN(C)CC2)ccc1Nc1ncc2c(n1)-c1ccc(Cl)cc1NC(=S)C2.Cc1nc(NCCCN(C)C)ccc1Nc1ncc2c(n1)-c1ccc(C(F)(F)F)cc1NC(=S)C2. The predicted molar refractivity (Wildman–Crippen MR) is 553 cm³/mol. The molecule has 0 radical (unpaired) electrons. The summed E-state index contributed by atoms with van der Waals surface area (Å²) < 4.78 is 90.3. The molecule has 0 saturated carbocycles. The van der Waals surface area contributed by atoms with E-state index >= 15 is 0 Å². The molecule has 42 heteroatoms. The van der Waals surface area contributed by atoms with Gasteiger partial charge in [0.25, 0.3) is 5.91 Å². The summed E-state index contributed by atoms with van der Waals surface area (Å²) in [5.41, 5.74) is 16.2. The van der Waals surface area contributed by atoms with Crippen LogP contribution >= 0.6 is 72.1 Å². The third-order valence-corrected chi connectivity index (χ3v) is 24.7. The average Bonchev–Trinajstić information content (AvgIpc) is 1.71. The van der Waals surface area contributed by atoms with Gasteiger partial charge in [-0.1, -0.05) is 84.2 Å². The van der Waals surface area contributed by atoms with Crippen LogP contribution in [0.2, 0.25) is 10.0 Å². The molecule has 724 valence electrons. The number of hydrogen-bond donors (Lipinski definition) is 11. The summed E-state index contributed by atoms with van der Waals surface area (Å²) in [7, 11) is 12.0. The maximum atomic E-state index is 13.3. The first-order valence-corrected chi connectivity index (χ1v) is 47.3. The second-order valence-electron chi connectivity index (χ2n) is 34.4. The molecule has 1 amide bonds. The van der Waals surface area contributed by atoms with Crippen molar-refractivity contribution in [2.75, 3.05) is 168 Å². The number of anilines is 14. The highest BCUT2D eigenvalue weighted by Gasteiger charge is 2.35. The summed E-state index contributed by atoms with van der Waals surface area (Å²) in [4.78, 5) is 78.6. The minimum Gasteiger partial charge on any atom is -0.480 e. The summed E-state index contributed by atoms with van der Waals surface area (Å²) in [6.07, 6.45) is 6.79. The molecule has 0 atom stereocenters. The van der Waals surface area contributed by atoms with Crippen molar-refractivity contribution in [2.45, 2.75) is 97.0 Å². The van der Waals surface area contributed by atoms with E-state index in [0.29, 0.717) is 138 Å². The molecular weight excluding hydrogens is 1900 g/mol. The molecule has 11 N–H and O–H groups in total. The van der Waals surface area contributed by atoms with Gasteiger partial charge in [0.1, 0.15) is 23.0 Å². The van der Waals surface area contributed by atoms with Crippen molar-refractivity contribution in [3.8, 4) is 50.9 Å². The molecule has 4 aromatic carbocycles. The molecule has 6 aliphatic rings. The zero-order valence-electron chi connectivity index (χ0n) is 77.6. The first-order chi connectivity index (χ1) is 66.6. The average molecular weight is 2010 g/mol. The quantitative estimate of drug-likeness (QED) is 0.0152. The van der Waals surface area contributed by atoms with Crippen LogP contribution in [0.15, 0.2) is 146 Å². The fourth-order valence-electron chi connectivity index (χ4n) is 16.1. The summed E-state index contributed by atoms with van der Waals surface area (Å²) in [6, 6.07) is 32.0. The van der Waals surface area contributed by atoms with Crippen LogP contribution in [0.25, 0.3) is 45.0 Å². The molecule has 0 aliphatic carbocycles. The third kappa shape index (κ3) is 26.9. The van der Waals surface area contributed by atoms with Crippen molar-refractivity contribution in [3.63, 3.8) is 0 Å². The van der Waals surface area contributed by atoms with E-state index in [9.17, 15) is 31.1 Å². The first kappa shape index (κ1) is 101. The molecule has 2 fully saturated rings. The van der Waals surface area contributed by atoms with Gasteiger partial charge in [0, 0.05) is 173 Å². The van der Waals surface area contributed by atoms with Crippen molar-refractivity contribution in [1.29, 1.82) is 0 Å². The van der Waals surface area contributed by atoms with E-state index in [1.165, 1.54) is 12.1 Å². The Bertz CT molecular complexity index is 6570. The number of pyridine rings is 4. The number of aromatic nitrogens is 12. The van der Waals surface area contributed by atoms with E-state index < -0.39 is 23.5 Å². The summed E-state index contributed by atoms with van der Waals surface area (Å²) in [5.74, 6) is 3.45. The van der Waals surface area contributed by atoms with E-state index in [1.807, 2.05) is 113 Å². The normalized spacial score (nSPS) is 14.4. The molecule has 0 unspecified atom stereocenters. The number of carbonyl (C=O) groups excluding carboxylic acids is 1. The van der Waals surface area contributed by atoms with Gasteiger partial charge < -0.3 is 82.7 Å². The Hall–Kier alpha value is -12.6. The Morgan fingerprint density at radius 2 is 0.899 bits per heavy atom. The lowest BCUT2D eigenvalue weighted by Crippen LogP contribution is -2.41. The third-order valence-electron chi connectivity index (χ3n) is 23.3. The highest BCUT2D eigenvalue weighted by molar-refractivity contribution is 7.81. The maximum absolute atomic E-state index is 13.3. The molecular formula is C97H103Cl2F6N27O3S4. The Morgan fingerprint density at radius 1 is 0.489 bits per heavy atom. The number of aryl methyl sites for hydroxylation is 4. The number of methoxy groups -OCH3 is 1. The monoisotopic (exact) mass is 2010 g/mol. The second-order valence-corrected chi connectivity index (χ2v) is 37.2. The molecule has 14 heterocycles. The summed E-state index contributed by atoms with van der Waals surface area (Å²) >= 11 is 34.0. The lowest BCUT2D eigenvalue weighted by Gasteiger charge is -2.29. The summed E-state index contributed by atoms with van der Waals surface area (Å²) in [5, 5.41) is 36.3. The standard InChI is InChI=1S/C26H26F3N7O2S.C24H26ClN7S.C24H26F3N7S.C23H25ClN6OS/c1-15-19(4-5-20(32-15)24(37)30-6-7-36-8-10-38-11-9-36)34-25-31-14-16-12-22(39)33-21-13-17(26(27,28)29)2-3-18(21)23(16)35-25;1-14-19(5-6-21(27-14)28-17-7-9-32(2)10-8-17)30-24-26-13-15-11-22(33)29-20-12-16(25)3-4-18(20)23(15)31-24;1-14-18(7-8-20(30-14)28-9-4-10-34(2)3)32-23-29-13-15-11-21(35)31-19-12-16(24(25,26)27)5-6-17(19)22(15)33-23;1-30(2)8-4-5-14-9-19(22(31-3)25-12-14)28-23-26-13-15-10-20(32)27-18-11-16(24)6-7-17(18)21(15)29-23/h2-5,13-14H,6-12H2,1H3,(H,30,37)(H,33,39)(H,31,34,35);3-6,12-13,17H,7-11H2,1-2H3,(H,27,28)(H,29,33)(H,26,30,31);5-8,12-13H,4,9-11H2,1-3H3,(H,28,30)(H,31,35)(H,29,32,33);6-7,9,11-13H,4-5,8,10H2,1-3H3,(H,27,32)(H,26,28,29). The van der Waals surface area contributed by atoms with E-state index in [2.05, 4.69) is 144 Å². The topological polar surface area (TPSA) is 335 Å². The fraction of sp³-hybridized carbons (Fsp3) is 0.330. The van der Waals surface area contributed by atoms with Crippen molar-refractivity contribution in [1.82, 2.24) is 84.7 Å². The van der Waals surface area contributed by atoms with E-state index in [1.54, 1.807) is 38.6 Å². The van der Waals surface area contributed by atoms with Gasteiger partial charge in [-0.05, 0) is 223 Å². The molecule has 0 spiro atoms. The van der Waals surface area contributed by atoms with E-state index in [-0.39, 0.29) is 35.3 Å². The van der Waals surface area contributed by atoms with Crippen LogP contribution in [-0.2, 0) is 49.2 Å². The largest absolute Gasteiger partial charge is 0.480 e. The molecule has 2 saturated heterocycles. The van der Waals surface area contributed by atoms with Gasteiger partial charge >= 0.3 is 12.4 Å². The van der Waals surface area contributed by atoms with Crippen LogP contribution in [0, 0.1) is 20.8 Å². The highest BCUT2D eigenvalue weighted by Crippen LogP contribution is 2.44. The number of alkyl halides is 6. The number of fused-ring (bicyclic) bond motifs is 12. The van der Waals surface area contributed by atoms with Crippen LogP contribution < -0.4 is 63.2 Å². The number of hydrogen-bond acceptors (Lipinski definition) is 29. The Labute approximate surface area is 832 Å². The number of piperidine rings is 1. The molecule has 12 aromatic rings. The van der Waals surface area contributed by atoms with Gasteiger partial charge in [-0.15, -0.1) is 0 Å². The number of nitrogens with one attached hydrogen (secondary N) is 11. The summed E-state index contributed by atoms with van der Waals surface area (Å²) in [6.45, 7) is 15.0. The Morgan fingerprint density at radius 3 is 1.33 bits per heavy atom. The molecule has 0 bridgehead atoms. The second kappa shape index (κ2) is 45.5. The van der Waals surface area contributed by atoms with Crippen molar-refractivity contribution < 1.29 is 40.6 Å². The number of amides is 1. The van der Waals surface area contributed by atoms with Crippen molar-refractivity contribution >= 4 is 179 Å². The maximum Gasteiger partial charge on any atom is 0.416 e. The number of nitrogens with zero attached hydrogens (tertiary/aromatic N) is 16. The number of halogens is 8. The number of likely N-dealkylation sites (tertiary alicyclic amines) is 1. The highest BCUT2D eigenvalue weighted by atomic mass is 35.5. The number of ether oxygens (including phenoxy) is 2. The van der Waals surface area contributed by atoms with Crippen LogP contribution in [0.4, 0.5) is 107 Å². The van der Waals surface area contributed by atoms with Crippen LogP contribution in [0.3, 0.4) is 0 Å². The van der Waals surface area contributed by atoms with E-state index in [0.717, 1.165) is 205 Å². The zero-order valence-corrected chi connectivity index (χ0v) is 82.4. The zero-order chi connectivity index (χ0) is 98.3. The fourth-order valence-corrected chi connectivity index (χ4v) is 17.5. The van der Waals surface area contributed by atoms with Gasteiger partial charge in [-0.25, -0.2) is 59.8 Å². The number of thiocarbonyl (C=S) groups is 4. The van der Waals surface area contributed by atoms with Gasteiger partial charge in [-0.3, -0.25) is 9.69 Å². The number of carbonyl (C=O) groups is 1. The van der Waals surface area contributed by atoms with Crippen LogP contribution in [0.5, 0.6) is 5.88 Å². The van der Waals surface area contributed by atoms with Gasteiger partial charge in [-0.2, -0.15) is 26.3 Å². The minimum atomic E-state index is -4.48. The smallest absolute Gasteiger partial charge is 0.416 e. The molecule has 18 rings (SSSR count). The minimum absolute atomic E-state index is 0.236. The number of morpholine rings is 1. The van der Waals surface area contributed by atoms with Gasteiger partial charge in [0.2, 0.25) is 29.7 Å². The van der Waals surface area contributed by atoms with Gasteiger partial charge in [0.05, 0.1) is 108 Å². The van der Waals surface area contributed by atoms with Crippen molar-refractivity contribution in [2.24, 2.45) is 0 Å². The molecule has 6 aliphatic heterocycles. The van der Waals surface area contributed by atoms with Gasteiger partial charge in [0.15, 0.2) is 0 Å². The lowest BCUT2D eigenvalue weighted by molar-refractivity contribution is -0.138. The van der Waals surface area contributed by atoms with Crippen molar-refractivity contribution in [3.05, 3.63) is 218 Å². The number of rotatable bonds is 24. The number of benzene rings is 4. The Balaban J connectivity index is 0.000000141. The Kier molecular flexibility index (Phi) is 33.0. The first-order valence-electron chi connectivity index (χ1n) is 44.9. The lowest BCUT2D eigenvalue weighted by atomic mass is 10.0. The molecule has 8 aromatic heterocycles. The van der Waals surface area contributed by atoms with Crippen LogP contribution in [-0.4, -0.2) is 226 Å². The predicted octanol–water partition coefficient (Wildman–Crippen LogP) is 19.0. The van der Waals surface area contributed by atoms with Crippen LogP contribution in [0.1, 0.15) is 92.2 Å².